The molecule has 12 heteroatoms. The molecule has 164 valence electrons. The summed E-state index contributed by atoms with van der Waals surface area (Å²) < 4.78 is 54.2. The van der Waals surface area contributed by atoms with Crippen LogP contribution < -0.4 is 10.6 Å². The van der Waals surface area contributed by atoms with Crippen LogP contribution in [0.25, 0.3) is 5.57 Å². The molecule has 6 nitrogen and oxygen atoms in total. The van der Waals surface area contributed by atoms with Gasteiger partial charge in [-0.25, -0.2) is 14.2 Å². The molecule has 0 aromatic carbocycles. The van der Waals surface area contributed by atoms with E-state index >= 15 is 0 Å². The van der Waals surface area contributed by atoms with E-state index in [9.17, 15) is 22.4 Å². The smallest absolute Gasteiger partial charge is 0.334 e. The molecule has 4 heterocycles. The van der Waals surface area contributed by atoms with Crippen molar-refractivity contribution in [1.29, 1.82) is 0 Å². The lowest BCUT2D eigenvalue weighted by Crippen LogP contribution is -2.39. The van der Waals surface area contributed by atoms with Crippen molar-refractivity contribution in [2.24, 2.45) is 0 Å². The van der Waals surface area contributed by atoms with Crippen LogP contribution in [0.15, 0.2) is 28.5 Å². The van der Waals surface area contributed by atoms with Gasteiger partial charge in [0.15, 0.2) is 5.01 Å². The van der Waals surface area contributed by atoms with Crippen molar-refractivity contribution in [3.8, 4) is 0 Å². The van der Waals surface area contributed by atoms with Crippen molar-refractivity contribution in [1.82, 2.24) is 19.5 Å². The molecule has 0 fully saturated rings. The number of nitrogens with zero attached hydrogens (tertiary/aromatic N) is 5. The monoisotopic (exact) mass is 471 g/mol. The van der Waals surface area contributed by atoms with Gasteiger partial charge in [-0.05, 0) is 36.4 Å². The fraction of sp³-hybridized carbons (Fsp3) is 0.368. The van der Waals surface area contributed by atoms with Gasteiger partial charge in [-0.2, -0.15) is 23.1 Å². The molecule has 3 aromatic heterocycles. The SMILES string of the molecule is Cc1cc(C2=CCN(c3nc(C)n(Cc4cnc(C(F)(F)F)s4)c(=O)n3)CC2F)cs1. The van der Waals surface area contributed by atoms with Crippen LogP contribution in [-0.4, -0.2) is 38.8 Å². The van der Waals surface area contributed by atoms with E-state index < -0.39 is 23.0 Å². The molecule has 31 heavy (non-hydrogen) atoms. The molecule has 1 aliphatic heterocycles. The summed E-state index contributed by atoms with van der Waals surface area (Å²) >= 11 is 2.02. The maximum absolute atomic E-state index is 14.8. The summed E-state index contributed by atoms with van der Waals surface area (Å²) in [6.45, 7) is 3.75. The lowest BCUT2D eigenvalue weighted by atomic mass is 10.0. The molecule has 0 amide bonds. The largest absolute Gasteiger partial charge is 0.443 e. The molecular weight excluding hydrogens is 454 g/mol. The third-order valence-electron chi connectivity index (χ3n) is 4.79. The Balaban J connectivity index is 1.54. The normalized spacial score (nSPS) is 17.2. The molecule has 0 aliphatic carbocycles. The number of hydrogen-bond donors (Lipinski definition) is 0. The predicted molar refractivity (Wildman–Crippen MR) is 111 cm³/mol. The number of aromatic nitrogens is 4. The standard InChI is InChI=1S/C19H17F4N5OS2/c1-10-5-12(9-30-10)14-3-4-27(8-15(14)20)17-25-11(2)28(18(29)26-17)7-13-6-24-16(31-13)19(21,22)23/h3,5-6,9,15H,4,7-8H2,1-2H3. The Morgan fingerprint density at radius 3 is 2.61 bits per heavy atom. The van der Waals surface area contributed by atoms with E-state index in [-0.39, 0.29) is 29.7 Å². The van der Waals surface area contributed by atoms with Gasteiger partial charge >= 0.3 is 11.9 Å². The minimum absolute atomic E-state index is 0.00735. The number of thiophene rings is 1. The lowest BCUT2D eigenvalue weighted by molar-refractivity contribution is -0.137. The highest BCUT2D eigenvalue weighted by Gasteiger charge is 2.34. The minimum Gasteiger partial charge on any atom is -0.334 e. The van der Waals surface area contributed by atoms with E-state index in [0.29, 0.717) is 23.5 Å². The van der Waals surface area contributed by atoms with Gasteiger partial charge in [0, 0.05) is 22.5 Å². The summed E-state index contributed by atoms with van der Waals surface area (Å²) in [6.07, 6.45) is -2.94. The van der Waals surface area contributed by atoms with Crippen LogP contribution in [0.1, 0.15) is 26.1 Å². The van der Waals surface area contributed by atoms with Gasteiger partial charge in [-0.1, -0.05) is 6.08 Å². The molecule has 1 unspecified atom stereocenters. The van der Waals surface area contributed by atoms with Crippen LogP contribution in [0.3, 0.4) is 0 Å². The summed E-state index contributed by atoms with van der Waals surface area (Å²) in [5.41, 5.74) is 0.796. The fourth-order valence-electron chi connectivity index (χ4n) is 3.26. The quantitative estimate of drug-likeness (QED) is 0.537. The second-order valence-corrected chi connectivity index (χ2v) is 9.28. The molecule has 1 atom stereocenters. The molecular formula is C19H17F4N5OS2. The Morgan fingerprint density at radius 2 is 2.03 bits per heavy atom. The first-order valence-electron chi connectivity index (χ1n) is 9.24. The summed E-state index contributed by atoms with van der Waals surface area (Å²) in [4.78, 5) is 27.0. The molecule has 3 aromatic rings. The summed E-state index contributed by atoms with van der Waals surface area (Å²) in [6, 6.07) is 1.93. The van der Waals surface area contributed by atoms with Crippen molar-refractivity contribution < 1.29 is 17.6 Å². The van der Waals surface area contributed by atoms with Crippen molar-refractivity contribution >= 4 is 34.2 Å². The Kier molecular flexibility index (Phi) is 5.69. The Hall–Kier alpha value is -2.60. The minimum atomic E-state index is -4.53. The van der Waals surface area contributed by atoms with Crippen molar-refractivity contribution in [2.45, 2.75) is 32.7 Å². The highest BCUT2D eigenvalue weighted by atomic mass is 32.1. The summed E-state index contributed by atoms with van der Waals surface area (Å²) in [5, 5.41) is 0.936. The third-order valence-corrected chi connectivity index (χ3v) is 6.67. The van der Waals surface area contributed by atoms with Gasteiger partial charge in [0.2, 0.25) is 5.95 Å². The molecule has 0 spiro atoms. The second kappa shape index (κ2) is 8.15. The first-order chi connectivity index (χ1) is 14.6. The number of alkyl halides is 4. The van der Waals surface area contributed by atoms with Gasteiger partial charge < -0.3 is 4.90 Å². The molecule has 0 N–H and O–H groups in total. The highest BCUT2D eigenvalue weighted by Crippen LogP contribution is 2.33. The first kappa shape index (κ1) is 21.6. The topological polar surface area (TPSA) is 63.9 Å². The lowest BCUT2D eigenvalue weighted by Gasteiger charge is -2.29. The zero-order chi connectivity index (χ0) is 22.3. The van der Waals surface area contributed by atoms with Crippen LogP contribution in [0.4, 0.5) is 23.5 Å². The molecule has 0 bridgehead atoms. The van der Waals surface area contributed by atoms with Gasteiger partial charge in [-0.15, -0.1) is 22.7 Å². The summed E-state index contributed by atoms with van der Waals surface area (Å²) in [5.74, 6) is 0.370. The number of thiazole rings is 1. The number of aryl methyl sites for hydroxylation is 2. The molecule has 0 saturated carbocycles. The van der Waals surface area contributed by atoms with Crippen LogP contribution in [0, 0.1) is 13.8 Å². The van der Waals surface area contributed by atoms with E-state index in [1.807, 2.05) is 18.4 Å². The summed E-state index contributed by atoms with van der Waals surface area (Å²) in [7, 11) is 0. The highest BCUT2D eigenvalue weighted by molar-refractivity contribution is 7.11. The van der Waals surface area contributed by atoms with E-state index in [1.165, 1.54) is 4.57 Å². The van der Waals surface area contributed by atoms with Gasteiger partial charge in [0.1, 0.15) is 12.0 Å². The third kappa shape index (κ3) is 4.54. The predicted octanol–water partition coefficient (Wildman–Crippen LogP) is 4.08. The average molecular weight is 472 g/mol. The average Bonchev–Trinajstić information content (AvgIpc) is 3.33. The van der Waals surface area contributed by atoms with E-state index in [1.54, 1.807) is 29.2 Å². The number of anilines is 1. The molecule has 0 saturated heterocycles. The maximum Gasteiger partial charge on any atom is 0.443 e. The van der Waals surface area contributed by atoms with E-state index in [0.717, 1.165) is 16.6 Å². The Morgan fingerprint density at radius 1 is 1.26 bits per heavy atom. The second-order valence-electron chi connectivity index (χ2n) is 7.05. The van der Waals surface area contributed by atoms with Crippen LogP contribution >= 0.6 is 22.7 Å². The van der Waals surface area contributed by atoms with Crippen LogP contribution in [-0.2, 0) is 12.7 Å². The van der Waals surface area contributed by atoms with Crippen molar-refractivity contribution in [3.63, 3.8) is 0 Å². The molecule has 0 radical (unpaired) electrons. The maximum atomic E-state index is 14.8. The van der Waals surface area contributed by atoms with E-state index in [4.69, 9.17) is 0 Å². The van der Waals surface area contributed by atoms with Gasteiger partial charge in [-0.3, -0.25) is 4.57 Å². The Bertz CT molecular complexity index is 1200. The van der Waals surface area contributed by atoms with Crippen LogP contribution in [0.5, 0.6) is 0 Å². The zero-order valence-electron chi connectivity index (χ0n) is 16.5. The zero-order valence-corrected chi connectivity index (χ0v) is 18.1. The molecule has 1 aliphatic rings. The fourth-order valence-corrected chi connectivity index (χ4v) is 4.75. The van der Waals surface area contributed by atoms with Gasteiger partial charge in [0.05, 0.1) is 13.1 Å². The van der Waals surface area contributed by atoms with Gasteiger partial charge in [0.25, 0.3) is 0 Å². The number of halogens is 4. The van der Waals surface area contributed by atoms with E-state index in [2.05, 4.69) is 15.0 Å². The first-order valence-corrected chi connectivity index (χ1v) is 10.9. The number of hydrogen-bond acceptors (Lipinski definition) is 7. The number of rotatable bonds is 4. The Labute approximate surface area is 182 Å². The molecule has 4 rings (SSSR count). The van der Waals surface area contributed by atoms with Crippen molar-refractivity contribution in [3.05, 3.63) is 60.4 Å². The van der Waals surface area contributed by atoms with Crippen LogP contribution in [0.2, 0.25) is 0 Å². The van der Waals surface area contributed by atoms with Crippen molar-refractivity contribution in [2.75, 3.05) is 18.0 Å².